The van der Waals surface area contributed by atoms with E-state index in [2.05, 4.69) is 17.2 Å². The number of amides is 2. The van der Waals surface area contributed by atoms with Gasteiger partial charge in [0.05, 0.1) is 0 Å². The lowest BCUT2D eigenvalue weighted by Crippen LogP contribution is -2.23. The van der Waals surface area contributed by atoms with Crippen molar-refractivity contribution >= 4 is 17.5 Å². The smallest absolute Gasteiger partial charge is 0.251 e. The minimum absolute atomic E-state index is 0.00156. The molecular weight excluding hydrogens is 232 g/mol. The fourth-order valence-electron chi connectivity index (χ4n) is 1.30. The summed E-state index contributed by atoms with van der Waals surface area (Å²) >= 11 is 0. The molecule has 5 nitrogen and oxygen atoms in total. The number of rotatable bonds is 6. The first-order valence-electron chi connectivity index (χ1n) is 5.45. The third-order valence-corrected chi connectivity index (χ3v) is 2.11. The molecular formula is C13H16N2O3. The van der Waals surface area contributed by atoms with Crippen LogP contribution in [-0.4, -0.2) is 32.1 Å². The van der Waals surface area contributed by atoms with Crippen LogP contribution in [0.15, 0.2) is 36.9 Å². The van der Waals surface area contributed by atoms with Crippen LogP contribution in [0.2, 0.25) is 0 Å². The molecule has 0 aliphatic rings. The molecule has 5 heteroatoms. The molecule has 0 aliphatic carbocycles. The van der Waals surface area contributed by atoms with Crippen LogP contribution in [0, 0.1) is 0 Å². The van der Waals surface area contributed by atoms with E-state index in [9.17, 15) is 9.59 Å². The summed E-state index contributed by atoms with van der Waals surface area (Å²) in [5.74, 6) is -0.411. The lowest BCUT2D eigenvalue weighted by atomic mass is 10.2. The quantitative estimate of drug-likeness (QED) is 0.743. The Labute approximate surface area is 106 Å². The summed E-state index contributed by atoms with van der Waals surface area (Å²) in [7, 11) is 1.45. The van der Waals surface area contributed by atoms with Crippen molar-refractivity contribution in [1.29, 1.82) is 0 Å². The molecule has 0 radical (unpaired) electrons. The van der Waals surface area contributed by atoms with Crippen LogP contribution < -0.4 is 10.6 Å². The summed E-state index contributed by atoms with van der Waals surface area (Å²) in [6.45, 7) is 3.94. The zero-order chi connectivity index (χ0) is 13.4. The summed E-state index contributed by atoms with van der Waals surface area (Å²) < 4.78 is 4.70. The first-order chi connectivity index (χ1) is 8.67. The van der Waals surface area contributed by atoms with E-state index in [0.717, 1.165) is 0 Å². The predicted molar refractivity (Wildman–Crippen MR) is 69.5 cm³/mol. The van der Waals surface area contributed by atoms with E-state index in [1.165, 1.54) is 7.11 Å². The number of methoxy groups -OCH3 is 1. The first kappa shape index (κ1) is 13.9. The third kappa shape index (κ3) is 4.39. The molecule has 0 fully saturated rings. The molecule has 1 aromatic rings. The molecule has 2 amide bonds. The molecule has 18 heavy (non-hydrogen) atoms. The summed E-state index contributed by atoms with van der Waals surface area (Å²) in [4.78, 5) is 22.8. The van der Waals surface area contributed by atoms with Crippen molar-refractivity contribution in [1.82, 2.24) is 5.32 Å². The average molecular weight is 248 g/mol. The van der Waals surface area contributed by atoms with Gasteiger partial charge in [0.15, 0.2) is 0 Å². The van der Waals surface area contributed by atoms with E-state index in [1.807, 2.05) is 0 Å². The zero-order valence-corrected chi connectivity index (χ0v) is 10.2. The van der Waals surface area contributed by atoms with Crippen molar-refractivity contribution in [3.05, 3.63) is 42.5 Å². The highest BCUT2D eigenvalue weighted by Gasteiger charge is 2.05. The molecule has 0 spiro atoms. The van der Waals surface area contributed by atoms with Crippen LogP contribution in [0.25, 0.3) is 0 Å². The van der Waals surface area contributed by atoms with E-state index >= 15 is 0 Å². The largest absolute Gasteiger partial charge is 0.375 e. The summed E-state index contributed by atoms with van der Waals surface area (Å²) in [5.41, 5.74) is 1.15. The molecule has 2 N–H and O–H groups in total. The molecule has 1 aromatic carbocycles. The van der Waals surface area contributed by atoms with Crippen LogP contribution in [-0.2, 0) is 9.53 Å². The van der Waals surface area contributed by atoms with Crippen molar-refractivity contribution < 1.29 is 14.3 Å². The lowest BCUT2D eigenvalue weighted by Gasteiger charge is -2.06. The van der Waals surface area contributed by atoms with Gasteiger partial charge in [-0.1, -0.05) is 6.08 Å². The molecule has 0 saturated carbocycles. The molecule has 0 aliphatic heterocycles. The topological polar surface area (TPSA) is 67.4 Å². The van der Waals surface area contributed by atoms with Gasteiger partial charge in [0.25, 0.3) is 5.91 Å². The van der Waals surface area contributed by atoms with Gasteiger partial charge in [-0.2, -0.15) is 0 Å². The van der Waals surface area contributed by atoms with Gasteiger partial charge in [-0.3, -0.25) is 9.59 Å². The van der Waals surface area contributed by atoms with Gasteiger partial charge in [-0.05, 0) is 24.3 Å². The van der Waals surface area contributed by atoms with Gasteiger partial charge in [0, 0.05) is 24.9 Å². The van der Waals surface area contributed by atoms with Gasteiger partial charge in [0.1, 0.15) is 6.61 Å². The number of anilines is 1. The van der Waals surface area contributed by atoms with Crippen LogP contribution in [0.3, 0.4) is 0 Å². The second kappa shape index (κ2) is 7.24. The Hall–Kier alpha value is -2.14. The molecule has 0 heterocycles. The average Bonchev–Trinajstić information content (AvgIpc) is 2.37. The van der Waals surface area contributed by atoms with Gasteiger partial charge in [0.2, 0.25) is 5.91 Å². The molecule has 0 aromatic heterocycles. The SMILES string of the molecule is C=CCNC(=O)c1ccc(NC(=O)COC)cc1. The fraction of sp³-hybridized carbons (Fsp3) is 0.231. The van der Waals surface area contributed by atoms with Crippen molar-refractivity contribution in [2.75, 3.05) is 25.6 Å². The minimum Gasteiger partial charge on any atom is -0.375 e. The Bertz CT molecular complexity index is 426. The highest BCUT2D eigenvalue weighted by Crippen LogP contribution is 2.09. The standard InChI is InChI=1S/C13H16N2O3/c1-3-8-14-13(17)10-4-6-11(7-5-10)15-12(16)9-18-2/h3-7H,1,8-9H2,2H3,(H,14,17)(H,15,16). The van der Waals surface area contributed by atoms with Crippen molar-refractivity contribution in [3.63, 3.8) is 0 Å². The Morgan fingerprint density at radius 1 is 1.33 bits per heavy atom. The second-order valence-electron chi connectivity index (χ2n) is 3.56. The number of benzene rings is 1. The van der Waals surface area contributed by atoms with Gasteiger partial charge < -0.3 is 15.4 Å². The Morgan fingerprint density at radius 3 is 2.56 bits per heavy atom. The summed E-state index contributed by atoms with van der Waals surface area (Å²) in [6, 6.07) is 6.61. The zero-order valence-electron chi connectivity index (χ0n) is 10.2. The van der Waals surface area contributed by atoms with Crippen molar-refractivity contribution in [3.8, 4) is 0 Å². The van der Waals surface area contributed by atoms with E-state index < -0.39 is 0 Å². The van der Waals surface area contributed by atoms with E-state index in [-0.39, 0.29) is 18.4 Å². The minimum atomic E-state index is -0.235. The fourth-order valence-corrected chi connectivity index (χ4v) is 1.30. The predicted octanol–water partition coefficient (Wildman–Crippen LogP) is 1.19. The second-order valence-corrected chi connectivity index (χ2v) is 3.56. The van der Waals surface area contributed by atoms with Gasteiger partial charge >= 0.3 is 0 Å². The van der Waals surface area contributed by atoms with Crippen LogP contribution in [0.1, 0.15) is 10.4 Å². The van der Waals surface area contributed by atoms with Crippen LogP contribution in [0.5, 0.6) is 0 Å². The third-order valence-electron chi connectivity index (χ3n) is 2.11. The number of ether oxygens (including phenoxy) is 1. The lowest BCUT2D eigenvalue weighted by molar-refractivity contribution is -0.119. The number of carbonyl (C=O) groups is 2. The maximum atomic E-state index is 11.6. The molecule has 1 rings (SSSR count). The van der Waals surface area contributed by atoms with Crippen LogP contribution >= 0.6 is 0 Å². The maximum Gasteiger partial charge on any atom is 0.251 e. The Kier molecular flexibility index (Phi) is 5.60. The Morgan fingerprint density at radius 2 is 2.00 bits per heavy atom. The molecule has 0 unspecified atom stereocenters. The monoisotopic (exact) mass is 248 g/mol. The maximum absolute atomic E-state index is 11.6. The van der Waals surface area contributed by atoms with E-state index in [0.29, 0.717) is 17.8 Å². The molecule has 0 atom stereocenters. The normalized spacial score (nSPS) is 9.61. The molecule has 0 saturated heterocycles. The van der Waals surface area contributed by atoms with Crippen molar-refractivity contribution in [2.45, 2.75) is 0 Å². The number of hydrogen-bond donors (Lipinski definition) is 2. The summed E-state index contributed by atoms with van der Waals surface area (Å²) in [5, 5.41) is 5.31. The van der Waals surface area contributed by atoms with Gasteiger partial charge in [-0.15, -0.1) is 6.58 Å². The first-order valence-corrected chi connectivity index (χ1v) is 5.45. The number of carbonyl (C=O) groups excluding carboxylic acids is 2. The highest BCUT2D eigenvalue weighted by molar-refractivity contribution is 5.96. The van der Waals surface area contributed by atoms with E-state index in [1.54, 1.807) is 30.3 Å². The Balaban J connectivity index is 2.59. The number of hydrogen-bond acceptors (Lipinski definition) is 3. The van der Waals surface area contributed by atoms with Crippen molar-refractivity contribution in [2.24, 2.45) is 0 Å². The molecule has 0 bridgehead atoms. The van der Waals surface area contributed by atoms with Gasteiger partial charge in [-0.25, -0.2) is 0 Å². The van der Waals surface area contributed by atoms with E-state index in [4.69, 9.17) is 4.74 Å². The molecule has 96 valence electrons. The van der Waals surface area contributed by atoms with Crippen LogP contribution in [0.4, 0.5) is 5.69 Å². The highest BCUT2D eigenvalue weighted by atomic mass is 16.5. The summed E-state index contributed by atoms with van der Waals surface area (Å²) in [6.07, 6.45) is 1.61. The number of nitrogens with one attached hydrogen (secondary N) is 2.